The van der Waals surface area contributed by atoms with Crippen molar-refractivity contribution in [2.75, 3.05) is 66.4 Å². The van der Waals surface area contributed by atoms with Crippen molar-refractivity contribution in [2.45, 2.75) is 13.3 Å². The summed E-state index contributed by atoms with van der Waals surface area (Å²) < 4.78 is 21.2. The maximum Gasteiger partial charge on any atom is 0.0701 e. The predicted octanol–water partition coefficient (Wildman–Crippen LogP) is 0.682. The highest BCUT2D eigenvalue weighted by Gasteiger charge is 1.91. The second-order valence-corrected chi connectivity index (χ2v) is 3.55. The van der Waals surface area contributed by atoms with Gasteiger partial charge in [-0.05, 0) is 13.5 Å². The van der Waals surface area contributed by atoms with Crippen LogP contribution in [-0.4, -0.2) is 66.4 Å². The highest BCUT2D eigenvalue weighted by atomic mass is 16.6. The summed E-state index contributed by atoms with van der Waals surface area (Å²) in [5.74, 6) is 0. The van der Waals surface area contributed by atoms with Gasteiger partial charge in [0.2, 0.25) is 0 Å². The van der Waals surface area contributed by atoms with E-state index in [4.69, 9.17) is 18.9 Å². The molecule has 104 valence electrons. The molecule has 17 heavy (non-hydrogen) atoms. The minimum absolute atomic E-state index is 0.614. The number of hydrogen-bond acceptors (Lipinski definition) is 5. The molecule has 0 rings (SSSR count). The van der Waals surface area contributed by atoms with Crippen LogP contribution in [0.2, 0.25) is 0 Å². The summed E-state index contributed by atoms with van der Waals surface area (Å²) in [6, 6.07) is 0. The summed E-state index contributed by atoms with van der Waals surface area (Å²) in [5.41, 5.74) is 0. The van der Waals surface area contributed by atoms with Crippen molar-refractivity contribution in [1.82, 2.24) is 5.32 Å². The molecule has 1 N–H and O–H groups in total. The lowest BCUT2D eigenvalue weighted by Crippen LogP contribution is -2.17. The molecule has 0 fully saturated rings. The van der Waals surface area contributed by atoms with Crippen LogP contribution in [0.3, 0.4) is 0 Å². The van der Waals surface area contributed by atoms with E-state index in [0.717, 1.165) is 26.2 Å². The van der Waals surface area contributed by atoms with Crippen molar-refractivity contribution in [2.24, 2.45) is 0 Å². The second kappa shape index (κ2) is 15.8. The highest BCUT2D eigenvalue weighted by Crippen LogP contribution is 1.83. The van der Waals surface area contributed by atoms with E-state index < -0.39 is 0 Å². The van der Waals surface area contributed by atoms with Gasteiger partial charge in [-0.3, -0.25) is 0 Å². The lowest BCUT2D eigenvalue weighted by molar-refractivity contribution is -0.00126. The Bertz CT molecular complexity index is 122. The van der Waals surface area contributed by atoms with E-state index >= 15 is 0 Å². The van der Waals surface area contributed by atoms with Crippen molar-refractivity contribution in [3.05, 3.63) is 0 Å². The van der Waals surface area contributed by atoms with Crippen molar-refractivity contribution in [3.8, 4) is 0 Å². The number of ether oxygens (including phenoxy) is 4. The van der Waals surface area contributed by atoms with E-state index in [1.165, 1.54) is 0 Å². The Labute approximate surface area is 105 Å². The Balaban J connectivity index is 2.85. The Morgan fingerprint density at radius 2 is 1.06 bits per heavy atom. The summed E-state index contributed by atoms with van der Waals surface area (Å²) in [7, 11) is 1.90. The first-order chi connectivity index (χ1) is 8.41. The minimum Gasteiger partial charge on any atom is -0.379 e. The first-order valence-corrected chi connectivity index (χ1v) is 6.37. The fraction of sp³-hybridized carbons (Fsp3) is 1.00. The third-order valence-corrected chi connectivity index (χ3v) is 1.96. The Morgan fingerprint density at radius 3 is 1.47 bits per heavy atom. The maximum absolute atomic E-state index is 5.33. The molecular weight excluding hydrogens is 222 g/mol. The summed E-state index contributed by atoms with van der Waals surface area (Å²) in [6.45, 7) is 8.31. The summed E-state index contributed by atoms with van der Waals surface area (Å²) in [5, 5.41) is 3.01. The van der Waals surface area contributed by atoms with Gasteiger partial charge in [0.25, 0.3) is 0 Å². The van der Waals surface area contributed by atoms with E-state index in [0.29, 0.717) is 39.6 Å². The summed E-state index contributed by atoms with van der Waals surface area (Å²) in [4.78, 5) is 0. The number of likely N-dealkylation sites (N-methyl/N-ethyl adjacent to an activating group) is 1. The van der Waals surface area contributed by atoms with Gasteiger partial charge in [-0.15, -0.1) is 0 Å². The molecule has 0 aromatic rings. The highest BCUT2D eigenvalue weighted by molar-refractivity contribution is 4.37. The van der Waals surface area contributed by atoms with E-state index in [1.54, 1.807) is 0 Å². The molecule has 0 saturated heterocycles. The molecule has 0 heterocycles. The Morgan fingerprint density at radius 1 is 0.647 bits per heavy atom. The molecule has 0 aliphatic carbocycles. The van der Waals surface area contributed by atoms with Crippen LogP contribution in [0.15, 0.2) is 0 Å². The molecule has 0 aliphatic heterocycles. The normalized spacial score (nSPS) is 10.9. The second-order valence-electron chi connectivity index (χ2n) is 3.55. The number of nitrogens with one attached hydrogen (secondary N) is 1. The van der Waals surface area contributed by atoms with Gasteiger partial charge in [0.1, 0.15) is 0 Å². The van der Waals surface area contributed by atoms with Crippen LogP contribution in [0.1, 0.15) is 13.3 Å². The zero-order valence-corrected chi connectivity index (χ0v) is 11.2. The zero-order valence-electron chi connectivity index (χ0n) is 11.2. The van der Waals surface area contributed by atoms with Crippen molar-refractivity contribution in [1.29, 1.82) is 0 Å². The third kappa shape index (κ3) is 15.8. The molecule has 0 saturated carbocycles. The molecule has 0 aromatic heterocycles. The van der Waals surface area contributed by atoms with Crippen LogP contribution in [0.5, 0.6) is 0 Å². The molecule has 5 heteroatoms. The molecule has 0 aromatic carbocycles. The molecule has 0 aliphatic rings. The topological polar surface area (TPSA) is 49.0 Å². The molecule has 0 unspecified atom stereocenters. The standard InChI is InChI=1S/C12H27NO4/c1-3-5-14-7-9-16-11-12-17-10-8-15-6-4-13-2/h13H,3-12H2,1-2H3. The fourth-order valence-corrected chi connectivity index (χ4v) is 1.08. The fourth-order valence-electron chi connectivity index (χ4n) is 1.08. The summed E-state index contributed by atoms with van der Waals surface area (Å²) >= 11 is 0. The molecule has 0 spiro atoms. The first-order valence-electron chi connectivity index (χ1n) is 6.37. The SMILES string of the molecule is CCCOCCOCCOCCOCCNC. The maximum atomic E-state index is 5.33. The Kier molecular flexibility index (Phi) is 15.6. The number of hydrogen-bond donors (Lipinski definition) is 1. The lowest BCUT2D eigenvalue weighted by Gasteiger charge is -2.07. The molecule has 0 radical (unpaired) electrons. The van der Waals surface area contributed by atoms with Gasteiger partial charge in [0.05, 0.1) is 46.2 Å². The van der Waals surface area contributed by atoms with Crippen LogP contribution < -0.4 is 5.32 Å². The van der Waals surface area contributed by atoms with E-state index in [9.17, 15) is 0 Å². The average Bonchev–Trinajstić information content (AvgIpc) is 2.35. The largest absolute Gasteiger partial charge is 0.379 e. The van der Waals surface area contributed by atoms with Crippen molar-refractivity contribution in [3.63, 3.8) is 0 Å². The van der Waals surface area contributed by atoms with Crippen LogP contribution >= 0.6 is 0 Å². The predicted molar refractivity (Wildman–Crippen MR) is 67.5 cm³/mol. The van der Waals surface area contributed by atoms with Crippen molar-refractivity contribution >= 4 is 0 Å². The zero-order chi connectivity index (χ0) is 12.6. The van der Waals surface area contributed by atoms with Gasteiger partial charge in [-0.1, -0.05) is 6.92 Å². The molecule has 0 atom stereocenters. The first kappa shape index (κ1) is 16.8. The summed E-state index contributed by atoms with van der Waals surface area (Å²) in [6.07, 6.45) is 1.05. The van der Waals surface area contributed by atoms with E-state index in [1.807, 2.05) is 7.05 Å². The van der Waals surface area contributed by atoms with Gasteiger partial charge in [0, 0.05) is 13.2 Å². The van der Waals surface area contributed by atoms with Crippen molar-refractivity contribution < 1.29 is 18.9 Å². The monoisotopic (exact) mass is 249 g/mol. The van der Waals surface area contributed by atoms with E-state index in [-0.39, 0.29) is 0 Å². The molecular formula is C12H27NO4. The average molecular weight is 249 g/mol. The van der Waals surface area contributed by atoms with Gasteiger partial charge < -0.3 is 24.3 Å². The Hall–Kier alpha value is -0.200. The van der Waals surface area contributed by atoms with Crippen LogP contribution in [0.25, 0.3) is 0 Å². The van der Waals surface area contributed by atoms with Gasteiger partial charge in [0.15, 0.2) is 0 Å². The number of rotatable bonds is 14. The smallest absolute Gasteiger partial charge is 0.0701 e. The van der Waals surface area contributed by atoms with Gasteiger partial charge in [-0.25, -0.2) is 0 Å². The van der Waals surface area contributed by atoms with Crippen LogP contribution in [-0.2, 0) is 18.9 Å². The molecule has 0 bridgehead atoms. The quantitative estimate of drug-likeness (QED) is 0.459. The van der Waals surface area contributed by atoms with E-state index in [2.05, 4.69) is 12.2 Å². The molecule has 5 nitrogen and oxygen atoms in total. The third-order valence-electron chi connectivity index (χ3n) is 1.96. The minimum atomic E-state index is 0.614. The van der Waals surface area contributed by atoms with Crippen LogP contribution in [0.4, 0.5) is 0 Å². The lowest BCUT2D eigenvalue weighted by atomic mass is 10.5. The van der Waals surface area contributed by atoms with Gasteiger partial charge >= 0.3 is 0 Å². The molecule has 0 amide bonds. The van der Waals surface area contributed by atoms with Crippen LogP contribution in [0, 0.1) is 0 Å². The van der Waals surface area contributed by atoms with Gasteiger partial charge in [-0.2, -0.15) is 0 Å².